The van der Waals surface area contributed by atoms with E-state index in [0.717, 1.165) is 0 Å². The highest BCUT2D eigenvalue weighted by atomic mass is 16.3. The van der Waals surface area contributed by atoms with Gasteiger partial charge in [-0.2, -0.15) is 0 Å². The predicted molar refractivity (Wildman–Crippen MR) is 47.9 cm³/mol. The third-order valence-corrected chi connectivity index (χ3v) is 1.47. The first-order valence-corrected chi connectivity index (χ1v) is 4.15. The molecule has 0 saturated heterocycles. The number of hydrogen-bond acceptors (Lipinski definition) is 3. The van der Waals surface area contributed by atoms with E-state index in [4.69, 9.17) is 5.11 Å². The summed E-state index contributed by atoms with van der Waals surface area (Å²) in [6, 6.07) is 0. The van der Waals surface area contributed by atoms with Crippen LogP contribution in [-0.4, -0.2) is 49.2 Å². The number of hydrogen-bond donors (Lipinski definition) is 2. The minimum absolute atomic E-state index is 0.0486. The highest BCUT2D eigenvalue weighted by molar-refractivity contribution is 5.77. The normalized spacial score (nSPS) is 13.1. The van der Waals surface area contributed by atoms with Gasteiger partial charge in [0.15, 0.2) is 0 Å². The molecule has 0 aliphatic rings. The zero-order valence-electron chi connectivity index (χ0n) is 8.00. The molecule has 4 heteroatoms. The molecule has 0 aromatic rings. The summed E-state index contributed by atoms with van der Waals surface area (Å²) >= 11 is 0. The zero-order chi connectivity index (χ0) is 9.56. The number of nitrogens with zero attached hydrogens (tertiary/aromatic N) is 1. The van der Waals surface area contributed by atoms with Crippen molar-refractivity contribution in [1.29, 1.82) is 0 Å². The van der Waals surface area contributed by atoms with E-state index >= 15 is 0 Å². The summed E-state index contributed by atoms with van der Waals surface area (Å²) in [7, 11) is 3.66. The van der Waals surface area contributed by atoms with Crippen LogP contribution in [0.1, 0.15) is 13.3 Å². The SMILES string of the molecule is CCC(O)CNC(=O)CN(C)C. The smallest absolute Gasteiger partial charge is 0.234 e. The third-order valence-electron chi connectivity index (χ3n) is 1.47. The molecule has 2 N–H and O–H groups in total. The van der Waals surface area contributed by atoms with Crippen LogP contribution in [0, 0.1) is 0 Å². The van der Waals surface area contributed by atoms with Gasteiger partial charge in [-0.25, -0.2) is 0 Å². The first-order valence-electron chi connectivity index (χ1n) is 4.15. The van der Waals surface area contributed by atoms with Gasteiger partial charge in [0.2, 0.25) is 5.91 Å². The standard InChI is InChI=1S/C8H18N2O2/c1-4-7(11)5-9-8(12)6-10(2)3/h7,11H,4-6H2,1-3H3,(H,9,12). The molecule has 0 radical (unpaired) electrons. The van der Waals surface area contributed by atoms with Crippen molar-refractivity contribution in [3.05, 3.63) is 0 Å². The quantitative estimate of drug-likeness (QED) is 0.587. The maximum atomic E-state index is 11.0. The summed E-state index contributed by atoms with van der Waals surface area (Å²) in [4.78, 5) is 12.8. The van der Waals surface area contributed by atoms with E-state index in [2.05, 4.69) is 5.32 Å². The van der Waals surface area contributed by atoms with Gasteiger partial charge < -0.3 is 15.3 Å². The fourth-order valence-corrected chi connectivity index (χ4v) is 0.719. The van der Waals surface area contributed by atoms with Crippen molar-refractivity contribution in [2.24, 2.45) is 0 Å². The molecule has 1 amide bonds. The summed E-state index contributed by atoms with van der Waals surface area (Å²) in [6.07, 6.45) is 0.249. The Kier molecular flexibility index (Phi) is 5.66. The van der Waals surface area contributed by atoms with E-state index in [-0.39, 0.29) is 5.91 Å². The molecule has 1 atom stereocenters. The number of amides is 1. The average Bonchev–Trinajstić information content (AvgIpc) is 1.99. The predicted octanol–water partition coefficient (Wildman–Crippen LogP) is -0.565. The van der Waals surface area contributed by atoms with E-state index in [1.54, 1.807) is 4.90 Å². The first-order chi connectivity index (χ1) is 5.56. The van der Waals surface area contributed by atoms with Crippen LogP contribution in [0.4, 0.5) is 0 Å². The molecule has 0 aliphatic carbocycles. The van der Waals surface area contributed by atoms with Crippen LogP contribution in [0.25, 0.3) is 0 Å². The summed E-state index contributed by atoms with van der Waals surface area (Å²) in [5.74, 6) is -0.0486. The van der Waals surface area contributed by atoms with Crippen LogP contribution in [0.5, 0.6) is 0 Å². The second kappa shape index (κ2) is 5.97. The molecule has 72 valence electrons. The summed E-state index contributed by atoms with van der Waals surface area (Å²) in [5.41, 5.74) is 0. The van der Waals surface area contributed by atoms with Gasteiger partial charge in [0.1, 0.15) is 0 Å². The van der Waals surface area contributed by atoms with Gasteiger partial charge in [-0.15, -0.1) is 0 Å². The molecule has 0 bridgehead atoms. The van der Waals surface area contributed by atoms with Crippen molar-refractivity contribution in [1.82, 2.24) is 10.2 Å². The van der Waals surface area contributed by atoms with Gasteiger partial charge in [0, 0.05) is 6.54 Å². The maximum Gasteiger partial charge on any atom is 0.234 e. The number of carbonyl (C=O) groups excluding carboxylic acids is 1. The van der Waals surface area contributed by atoms with E-state index in [9.17, 15) is 4.79 Å². The summed E-state index contributed by atoms with van der Waals surface area (Å²) in [5, 5.41) is 11.7. The Balaban J connectivity index is 3.44. The molecule has 12 heavy (non-hydrogen) atoms. The monoisotopic (exact) mass is 174 g/mol. The van der Waals surface area contributed by atoms with Gasteiger partial charge in [-0.05, 0) is 20.5 Å². The highest BCUT2D eigenvalue weighted by Gasteiger charge is 2.04. The number of aliphatic hydroxyl groups excluding tert-OH is 1. The van der Waals surface area contributed by atoms with Crippen molar-refractivity contribution in [3.63, 3.8) is 0 Å². The van der Waals surface area contributed by atoms with Crippen LogP contribution < -0.4 is 5.32 Å². The lowest BCUT2D eigenvalue weighted by molar-refractivity contribution is -0.122. The molecule has 0 saturated carbocycles. The second-order valence-electron chi connectivity index (χ2n) is 3.10. The molecule has 0 spiro atoms. The molecule has 0 aromatic heterocycles. The van der Waals surface area contributed by atoms with E-state index < -0.39 is 6.10 Å². The molecule has 0 aliphatic heterocycles. The molecule has 0 aromatic carbocycles. The van der Waals surface area contributed by atoms with Gasteiger partial charge in [0.25, 0.3) is 0 Å². The molecule has 0 fully saturated rings. The first kappa shape index (κ1) is 11.4. The molecule has 0 heterocycles. The Labute approximate surface area is 73.6 Å². The van der Waals surface area contributed by atoms with E-state index in [1.807, 2.05) is 21.0 Å². The van der Waals surface area contributed by atoms with Crippen LogP contribution in [0.3, 0.4) is 0 Å². The number of carbonyl (C=O) groups is 1. The van der Waals surface area contributed by atoms with Crippen molar-refractivity contribution in [2.75, 3.05) is 27.2 Å². The van der Waals surface area contributed by atoms with Gasteiger partial charge in [-0.1, -0.05) is 6.92 Å². The van der Waals surface area contributed by atoms with Crippen molar-refractivity contribution in [3.8, 4) is 0 Å². The van der Waals surface area contributed by atoms with Crippen LogP contribution in [-0.2, 0) is 4.79 Å². The van der Waals surface area contributed by atoms with Gasteiger partial charge in [-0.3, -0.25) is 4.79 Å². The number of nitrogens with one attached hydrogen (secondary N) is 1. The van der Waals surface area contributed by atoms with Crippen LogP contribution in [0.2, 0.25) is 0 Å². The highest BCUT2D eigenvalue weighted by Crippen LogP contribution is 1.86. The topological polar surface area (TPSA) is 52.6 Å². The number of aliphatic hydroxyl groups is 1. The minimum Gasteiger partial charge on any atom is -0.391 e. The van der Waals surface area contributed by atoms with Gasteiger partial charge >= 0.3 is 0 Å². The van der Waals surface area contributed by atoms with Crippen LogP contribution in [0.15, 0.2) is 0 Å². The van der Waals surface area contributed by atoms with Crippen LogP contribution >= 0.6 is 0 Å². The van der Waals surface area contributed by atoms with Crippen molar-refractivity contribution >= 4 is 5.91 Å². The minimum atomic E-state index is -0.420. The Bertz CT molecular complexity index is 137. The fraction of sp³-hybridized carbons (Fsp3) is 0.875. The Morgan fingerprint density at radius 3 is 2.58 bits per heavy atom. The molecule has 0 rings (SSSR count). The Hall–Kier alpha value is -0.610. The van der Waals surface area contributed by atoms with Crippen molar-refractivity contribution in [2.45, 2.75) is 19.4 Å². The summed E-state index contributed by atoms with van der Waals surface area (Å²) in [6.45, 7) is 2.60. The Morgan fingerprint density at radius 2 is 2.17 bits per heavy atom. The third kappa shape index (κ3) is 6.12. The Morgan fingerprint density at radius 1 is 1.58 bits per heavy atom. The van der Waals surface area contributed by atoms with Crippen molar-refractivity contribution < 1.29 is 9.90 Å². The lowest BCUT2D eigenvalue weighted by Gasteiger charge is -2.12. The second-order valence-corrected chi connectivity index (χ2v) is 3.10. The number of likely N-dealkylation sites (N-methyl/N-ethyl adjacent to an activating group) is 1. The lowest BCUT2D eigenvalue weighted by atomic mass is 10.3. The summed E-state index contributed by atoms with van der Waals surface area (Å²) < 4.78 is 0. The van der Waals surface area contributed by atoms with E-state index in [1.165, 1.54) is 0 Å². The van der Waals surface area contributed by atoms with Gasteiger partial charge in [0.05, 0.1) is 12.6 Å². The molecule has 1 unspecified atom stereocenters. The average molecular weight is 174 g/mol. The largest absolute Gasteiger partial charge is 0.391 e. The molecule has 4 nitrogen and oxygen atoms in total. The zero-order valence-corrected chi connectivity index (χ0v) is 8.00. The maximum absolute atomic E-state index is 11.0. The molecular weight excluding hydrogens is 156 g/mol. The number of rotatable bonds is 5. The fourth-order valence-electron chi connectivity index (χ4n) is 0.719. The van der Waals surface area contributed by atoms with E-state index in [0.29, 0.717) is 19.5 Å². The lowest BCUT2D eigenvalue weighted by Crippen LogP contribution is -2.37. The molecular formula is C8H18N2O2.